The van der Waals surface area contributed by atoms with Crippen molar-refractivity contribution in [2.24, 2.45) is 0 Å². The lowest BCUT2D eigenvalue weighted by Gasteiger charge is -2.21. The first kappa shape index (κ1) is 22.7. The SMILES string of the molecule is COC(=O)COc1ccc(C(=O)Nc2ccccc2C(=O)NC(C)(C)C)cc1OC. The molecule has 160 valence electrons. The van der Waals surface area contributed by atoms with Gasteiger partial charge in [0.25, 0.3) is 11.8 Å². The summed E-state index contributed by atoms with van der Waals surface area (Å²) in [6, 6.07) is 11.3. The third kappa shape index (κ3) is 6.23. The maximum atomic E-state index is 12.8. The molecule has 0 spiro atoms. The molecule has 2 rings (SSSR count). The first-order valence-corrected chi connectivity index (χ1v) is 9.25. The maximum absolute atomic E-state index is 12.8. The Bertz CT molecular complexity index is 933. The van der Waals surface area contributed by atoms with Crippen LogP contribution in [0.2, 0.25) is 0 Å². The number of hydrogen-bond donors (Lipinski definition) is 2. The first-order chi connectivity index (χ1) is 14.1. The lowest BCUT2D eigenvalue weighted by Crippen LogP contribution is -2.40. The van der Waals surface area contributed by atoms with Gasteiger partial charge in [0.2, 0.25) is 0 Å². The van der Waals surface area contributed by atoms with Crippen molar-refractivity contribution in [2.75, 3.05) is 26.1 Å². The lowest BCUT2D eigenvalue weighted by molar-refractivity contribution is -0.142. The molecule has 2 amide bonds. The van der Waals surface area contributed by atoms with Gasteiger partial charge in [0.1, 0.15) is 0 Å². The molecule has 0 aliphatic carbocycles. The van der Waals surface area contributed by atoms with Gasteiger partial charge in [0.15, 0.2) is 18.1 Å². The number of esters is 1. The summed E-state index contributed by atoms with van der Waals surface area (Å²) in [5, 5.41) is 5.63. The number of hydrogen-bond acceptors (Lipinski definition) is 6. The molecule has 2 N–H and O–H groups in total. The number of rotatable bonds is 7. The zero-order valence-corrected chi connectivity index (χ0v) is 17.7. The molecular formula is C22H26N2O6. The highest BCUT2D eigenvalue weighted by atomic mass is 16.6. The van der Waals surface area contributed by atoms with Gasteiger partial charge < -0.3 is 24.8 Å². The Morgan fingerprint density at radius 2 is 1.63 bits per heavy atom. The Morgan fingerprint density at radius 1 is 0.933 bits per heavy atom. The number of methoxy groups -OCH3 is 2. The van der Waals surface area contributed by atoms with Crippen molar-refractivity contribution in [1.82, 2.24) is 5.32 Å². The van der Waals surface area contributed by atoms with Gasteiger partial charge in [-0.05, 0) is 51.1 Å². The van der Waals surface area contributed by atoms with Gasteiger partial charge in [0, 0.05) is 11.1 Å². The van der Waals surface area contributed by atoms with E-state index >= 15 is 0 Å². The number of carbonyl (C=O) groups is 3. The van der Waals surface area contributed by atoms with Crippen molar-refractivity contribution < 1.29 is 28.6 Å². The maximum Gasteiger partial charge on any atom is 0.343 e. The highest BCUT2D eigenvalue weighted by Gasteiger charge is 2.19. The fraction of sp³-hybridized carbons (Fsp3) is 0.318. The Morgan fingerprint density at radius 3 is 2.27 bits per heavy atom. The quantitative estimate of drug-likeness (QED) is 0.675. The first-order valence-electron chi connectivity index (χ1n) is 9.25. The van der Waals surface area contributed by atoms with Gasteiger partial charge >= 0.3 is 5.97 Å². The van der Waals surface area contributed by atoms with E-state index in [0.717, 1.165) is 0 Å². The summed E-state index contributed by atoms with van der Waals surface area (Å²) >= 11 is 0. The van der Waals surface area contributed by atoms with Gasteiger partial charge in [-0.2, -0.15) is 0 Å². The van der Waals surface area contributed by atoms with Crippen LogP contribution in [0.1, 0.15) is 41.5 Å². The van der Waals surface area contributed by atoms with Crippen LogP contribution < -0.4 is 20.1 Å². The molecule has 0 aromatic heterocycles. The van der Waals surface area contributed by atoms with Gasteiger partial charge in [0.05, 0.1) is 25.5 Å². The van der Waals surface area contributed by atoms with Gasteiger partial charge in [-0.25, -0.2) is 4.79 Å². The van der Waals surface area contributed by atoms with Crippen LogP contribution in [0.25, 0.3) is 0 Å². The standard InChI is InChI=1S/C22H26N2O6/c1-22(2,3)24-21(27)15-8-6-7-9-16(15)23-20(26)14-10-11-17(18(12-14)28-4)30-13-19(25)29-5/h6-12H,13H2,1-5H3,(H,23,26)(H,24,27). The number of benzene rings is 2. The summed E-state index contributed by atoms with van der Waals surface area (Å²) in [7, 11) is 2.68. The van der Waals surface area contributed by atoms with Crippen molar-refractivity contribution in [1.29, 1.82) is 0 Å². The summed E-state index contributed by atoms with van der Waals surface area (Å²) in [5.41, 5.74) is 0.616. The molecule has 2 aromatic rings. The van der Waals surface area contributed by atoms with Crippen molar-refractivity contribution >= 4 is 23.5 Å². The van der Waals surface area contributed by atoms with Crippen molar-refractivity contribution in [3.05, 3.63) is 53.6 Å². The third-order valence-electron chi connectivity index (χ3n) is 3.91. The molecule has 0 unspecified atom stereocenters. The van der Waals surface area contributed by atoms with E-state index in [1.54, 1.807) is 24.3 Å². The molecule has 0 atom stereocenters. The molecule has 8 nitrogen and oxygen atoms in total. The molecule has 0 saturated heterocycles. The van der Waals surface area contributed by atoms with Crippen LogP contribution in [0.3, 0.4) is 0 Å². The molecule has 8 heteroatoms. The number of anilines is 1. The van der Waals surface area contributed by atoms with Gasteiger partial charge in [-0.15, -0.1) is 0 Å². The molecule has 0 aliphatic heterocycles. The zero-order chi connectivity index (χ0) is 22.3. The molecule has 0 saturated carbocycles. The summed E-state index contributed by atoms with van der Waals surface area (Å²) in [6.07, 6.45) is 0. The van der Waals surface area contributed by atoms with E-state index in [4.69, 9.17) is 9.47 Å². The van der Waals surface area contributed by atoms with Crippen LogP contribution in [0.4, 0.5) is 5.69 Å². The van der Waals surface area contributed by atoms with E-state index in [1.165, 1.54) is 32.4 Å². The van der Waals surface area contributed by atoms with Crippen LogP contribution in [-0.2, 0) is 9.53 Å². The molecule has 0 fully saturated rings. The number of carbonyl (C=O) groups excluding carboxylic acids is 3. The molecule has 0 bridgehead atoms. The topological polar surface area (TPSA) is 103 Å². The summed E-state index contributed by atoms with van der Waals surface area (Å²) in [5.74, 6) is -0.676. The zero-order valence-electron chi connectivity index (χ0n) is 17.7. The average molecular weight is 414 g/mol. The summed E-state index contributed by atoms with van der Waals surface area (Å²) in [6.45, 7) is 5.35. The largest absolute Gasteiger partial charge is 0.493 e. The third-order valence-corrected chi connectivity index (χ3v) is 3.91. The number of para-hydroxylation sites is 1. The average Bonchev–Trinajstić information content (AvgIpc) is 2.70. The molecule has 0 heterocycles. The fourth-order valence-electron chi connectivity index (χ4n) is 2.52. The van der Waals surface area contributed by atoms with Crippen molar-refractivity contribution in [3.63, 3.8) is 0 Å². The Kier molecular flexibility index (Phi) is 7.41. The second kappa shape index (κ2) is 9.78. The second-order valence-electron chi connectivity index (χ2n) is 7.43. The van der Waals surface area contributed by atoms with Gasteiger partial charge in [-0.1, -0.05) is 12.1 Å². The van der Waals surface area contributed by atoms with Crippen molar-refractivity contribution in [2.45, 2.75) is 26.3 Å². The normalized spacial score (nSPS) is 10.7. The van der Waals surface area contributed by atoms with E-state index in [1.807, 2.05) is 20.8 Å². The van der Waals surface area contributed by atoms with E-state index in [0.29, 0.717) is 22.6 Å². The molecule has 30 heavy (non-hydrogen) atoms. The van der Waals surface area contributed by atoms with E-state index in [-0.39, 0.29) is 18.3 Å². The Labute approximate surface area is 175 Å². The van der Waals surface area contributed by atoms with Crippen LogP contribution in [0.5, 0.6) is 11.5 Å². The predicted molar refractivity (Wildman–Crippen MR) is 112 cm³/mol. The Balaban J connectivity index is 2.20. The van der Waals surface area contributed by atoms with E-state index < -0.39 is 17.4 Å². The molecular weight excluding hydrogens is 388 g/mol. The minimum absolute atomic E-state index is 0.283. The minimum atomic E-state index is -0.538. The van der Waals surface area contributed by atoms with E-state index in [2.05, 4.69) is 15.4 Å². The van der Waals surface area contributed by atoms with Crippen LogP contribution >= 0.6 is 0 Å². The fourth-order valence-corrected chi connectivity index (χ4v) is 2.52. The second-order valence-corrected chi connectivity index (χ2v) is 7.43. The van der Waals surface area contributed by atoms with Crippen LogP contribution in [0.15, 0.2) is 42.5 Å². The number of amides is 2. The minimum Gasteiger partial charge on any atom is -0.493 e. The monoisotopic (exact) mass is 414 g/mol. The highest BCUT2D eigenvalue weighted by molar-refractivity contribution is 6.09. The Hall–Kier alpha value is -3.55. The summed E-state index contributed by atoms with van der Waals surface area (Å²) < 4.78 is 15.1. The van der Waals surface area contributed by atoms with Gasteiger partial charge in [-0.3, -0.25) is 9.59 Å². The molecule has 2 aromatic carbocycles. The van der Waals surface area contributed by atoms with Crippen LogP contribution in [-0.4, -0.2) is 44.1 Å². The number of ether oxygens (including phenoxy) is 3. The molecule has 0 aliphatic rings. The van der Waals surface area contributed by atoms with E-state index in [9.17, 15) is 14.4 Å². The van der Waals surface area contributed by atoms with Crippen LogP contribution in [0, 0.1) is 0 Å². The molecule has 0 radical (unpaired) electrons. The highest BCUT2D eigenvalue weighted by Crippen LogP contribution is 2.28. The number of nitrogens with one attached hydrogen (secondary N) is 2. The smallest absolute Gasteiger partial charge is 0.343 e. The predicted octanol–water partition coefficient (Wildman–Crippen LogP) is 3.03. The summed E-state index contributed by atoms with van der Waals surface area (Å²) in [4.78, 5) is 36.6. The van der Waals surface area contributed by atoms with Crippen molar-refractivity contribution in [3.8, 4) is 11.5 Å². The lowest BCUT2D eigenvalue weighted by atomic mass is 10.1.